The van der Waals surface area contributed by atoms with Crippen molar-refractivity contribution in [3.05, 3.63) is 83.4 Å². The predicted octanol–water partition coefficient (Wildman–Crippen LogP) is 10.2. The van der Waals surface area contributed by atoms with Crippen molar-refractivity contribution in [1.82, 2.24) is 0 Å². The molecule has 2 aromatic carbocycles. The minimum absolute atomic E-state index is 0.0741. The summed E-state index contributed by atoms with van der Waals surface area (Å²) in [7, 11) is 0. The van der Waals surface area contributed by atoms with Crippen molar-refractivity contribution in [2.75, 3.05) is 6.54 Å². The van der Waals surface area contributed by atoms with Gasteiger partial charge in [0.15, 0.2) is 0 Å². The van der Waals surface area contributed by atoms with Crippen LogP contribution < -0.4 is 5.73 Å². The van der Waals surface area contributed by atoms with E-state index in [1.54, 1.807) is 0 Å². The first kappa shape index (κ1) is 36.4. The molecule has 4 heteroatoms. The molecular formula is C42H63NO3. The molecular weight excluding hydrogens is 566 g/mol. The number of carboxylic acids is 1. The maximum atomic E-state index is 12.3. The highest BCUT2D eigenvalue weighted by Crippen LogP contribution is 2.47. The summed E-state index contributed by atoms with van der Waals surface area (Å²) < 4.78 is 0. The molecule has 0 aliphatic heterocycles. The first-order valence-electron chi connectivity index (χ1n) is 18.8. The number of carbonyl (C=O) groups is 1. The molecule has 2 aliphatic rings. The molecule has 0 radical (unpaired) electrons. The van der Waals surface area contributed by atoms with Crippen molar-refractivity contribution >= 4 is 5.97 Å². The Balaban J connectivity index is 1.45. The van der Waals surface area contributed by atoms with Gasteiger partial charge in [0.25, 0.3) is 0 Å². The second-order valence-electron chi connectivity index (χ2n) is 14.9. The second kappa shape index (κ2) is 20.1. The molecule has 0 amide bonds. The molecule has 3 atom stereocenters. The van der Waals surface area contributed by atoms with Crippen molar-refractivity contribution < 1.29 is 15.0 Å². The predicted molar refractivity (Wildman–Crippen MR) is 192 cm³/mol. The van der Waals surface area contributed by atoms with Gasteiger partial charge in [-0.25, -0.2) is 0 Å². The Morgan fingerprint density at radius 1 is 0.848 bits per heavy atom. The number of allylic oxidation sites excluding steroid dienone is 2. The SMILES string of the molecule is NCCC(CCC(CC=CCCC1CCCCC1)CCc1cccc(CO)c1)C(CC(=O)O)CC1(c2ccccc2)CCCCC1. The average molecular weight is 630 g/mol. The number of aliphatic carboxylic acids is 1. The zero-order chi connectivity index (χ0) is 32.5. The van der Waals surface area contributed by atoms with Crippen LogP contribution in [0, 0.1) is 23.7 Å². The van der Waals surface area contributed by atoms with Gasteiger partial charge in [-0.15, -0.1) is 0 Å². The maximum Gasteiger partial charge on any atom is 0.303 e. The fraction of sp³-hybridized carbons (Fsp3) is 0.643. The lowest BCUT2D eigenvalue weighted by Crippen LogP contribution is -2.35. The fourth-order valence-electron chi connectivity index (χ4n) is 8.89. The van der Waals surface area contributed by atoms with E-state index in [1.165, 1.54) is 75.3 Å². The van der Waals surface area contributed by atoms with Gasteiger partial charge in [0.1, 0.15) is 0 Å². The molecule has 254 valence electrons. The molecule has 2 fully saturated rings. The molecule has 4 N–H and O–H groups in total. The van der Waals surface area contributed by atoms with Gasteiger partial charge in [-0.2, -0.15) is 0 Å². The fourth-order valence-corrected chi connectivity index (χ4v) is 8.89. The van der Waals surface area contributed by atoms with Gasteiger partial charge >= 0.3 is 5.97 Å². The summed E-state index contributed by atoms with van der Waals surface area (Å²) in [6.45, 7) is 0.690. The molecule has 3 unspecified atom stereocenters. The lowest BCUT2D eigenvalue weighted by atomic mass is 9.62. The number of nitrogens with two attached hydrogens (primary N) is 1. The Kier molecular flexibility index (Phi) is 15.9. The van der Waals surface area contributed by atoms with Gasteiger partial charge in [0.05, 0.1) is 6.61 Å². The van der Waals surface area contributed by atoms with Gasteiger partial charge in [-0.05, 0) is 123 Å². The zero-order valence-corrected chi connectivity index (χ0v) is 28.6. The van der Waals surface area contributed by atoms with Crippen molar-refractivity contribution in [3.8, 4) is 0 Å². The van der Waals surface area contributed by atoms with E-state index in [9.17, 15) is 15.0 Å². The number of carboxylic acid groups (broad SMARTS) is 1. The summed E-state index contributed by atoms with van der Waals surface area (Å²) in [5, 5.41) is 19.8. The highest BCUT2D eigenvalue weighted by molar-refractivity contribution is 5.67. The van der Waals surface area contributed by atoms with Gasteiger partial charge in [-0.3, -0.25) is 4.79 Å². The number of hydrogen-bond donors (Lipinski definition) is 3. The summed E-state index contributed by atoms with van der Waals surface area (Å²) in [5.74, 6) is 1.24. The number of aliphatic hydroxyl groups is 1. The number of hydrogen-bond acceptors (Lipinski definition) is 3. The molecule has 0 aromatic heterocycles. The number of rotatable bonds is 20. The van der Waals surface area contributed by atoms with Crippen LogP contribution in [0.2, 0.25) is 0 Å². The van der Waals surface area contributed by atoms with Crippen LogP contribution in [0.15, 0.2) is 66.7 Å². The summed E-state index contributed by atoms with van der Waals surface area (Å²) in [4.78, 5) is 12.3. The third-order valence-corrected chi connectivity index (χ3v) is 11.6. The Morgan fingerprint density at radius 2 is 1.59 bits per heavy atom. The van der Waals surface area contributed by atoms with Gasteiger partial charge in [0.2, 0.25) is 0 Å². The van der Waals surface area contributed by atoms with Gasteiger partial charge in [0, 0.05) is 6.42 Å². The summed E-state index contributed by atoms with van der Waals surface area (Å²) in [5.41, 5.74) is 9.99. The Labute approximate surface area is 280 Å². The maximum absolute atomic E-state index is 12.3. The summed E-state index contributed by atoms with van der Waals surface area (Å²) in [6.07, 6.45) is 27.9. The van der Waals surface area contributed by atoms with Crippen LogP contribution >= 0.6 is 0 Å². The van der Waals surface area contributed by atoms with E-state index in [1.807, 2.05) is 6.07 Å². The highest BCUT2D eigenvalue weighted by atomic mass is 16.4. The molecule has 0 saturated heterocycles. The van der Waals surface area contributed by atoms with E-state index < -0.39 is 5.97 Å². The van der Waals surface area contributed by atoms with Crippen molar-refractivity contribution in [2.24, 2.45) is 29.4 Å². The summed E-state index contributed by atoms with van der Waals surface area (Å²) in [6, 6.07) is 19.3. The van der Waals surface area contributed by atoms with Crippen LogP contribution in [0.1, 0.15) is 139 Å². The molecule has 2 saturated carbocycles. The van der Waals surface area contributed by atoms with Crippen molar-refractivity contribution in [3.63, 3.8) is 0 Å². The van der Waals surface area contributed by atoms with E-state index >= 15 is 0 Å². The second-order valence-corrected chi connectivity index (χ2v) is 14.9. The zero-order valence-electron chi connectivity index (χ0n) is 28.6. The molecule has 4 rings (SSSR count). The number of benzene rings is 2. The first-order chi connectivity index (χ1) is 22.5. The average Bonchev–Trinajstić information content (AvgIpc) is 3.09. The molecule has 46 heavy (non-hydrogen) atoms. The monoisotopic (exact) mass is 629 g/mol. The molecule has 0 heterocycles. The van der Waals surface area contributed by atoms with Crippen LogP contribution in [0.3, 0.4) is 0 Å². The first-order valence-corrected chi connectivity index (χ1v) is 18.8. The van der Waals surface area contributed by atoms with Crippen molar-refractivity contribution in [2.45, 2.75) is 140 Å². The lowest BCUT2D eigenvalue weighted by molar-refractivity contribution is -0.138. The van der Waals surface area contributed by atoms with Crippen LogP contribution in [-0.2, 0) is 23.2 Å². The van der Waals surface area contributed by atoms with Crippen LogP contribution in [0.25, 0.3) is 0 Å². The van der Waals surface area contributed by atoms with E-state index in [0.29, 0.717) is 18.4 Å². The smallest absolute Gasteiger partial charge is 0.303 e. The lowest BCUT2D eigenvalue weighted by Gasteiger charge is -2.42. The number of aryl methyl sites for hydroxylation is 1. The third kappa shape index (κ3) is 12.0. The number of aliphatic hydroxyl groups excluding tert-OH is 1. The Bertz CT molecular complexity index is 1150. The van der Waals surface area contributed by atoms with E-state index in [2.05, 4.69) is 60.7 Å². The van der Waals surface area contributed by atoms with E-state index in [4.69, 9.17) is 5.73 Å². The van der Waals surface area contributed by atoms with Crippen LogP contribution in [-0.4, -0.2) is 22.7 Å². The normalized spacial score (nSPS) is 19.2. The van der Waals surface area contributed by atoms with E-state index in [0.717, 1.165) is 69.3 Å². The Hall–Kier alpha value is -2.43. The minimum atomic E-state index is -0.674. The quantitative estimate of drug-likeness (QED) is 0.127. The minimum Gasteiger partial charge on any atom is -0.481 e. The molecule has 4 nitrogen and oxygen atoms in total. The summed E-state index contributed by atoms with van der Waals surface area (Å²) >= 11 is 0. The van der Waals surface area contributed by atoms with E-state index in [-0.39, 0.29) is 24.4 Å². The topological polar surface area (TPSA) is 83.5 Å². The molecule has 2 aliphatic carbocycles. The standard InChI is InChI=1S/C42H63NO3/c43-29-26-38(39(31-41(45)46)32-42(27-11-4-12-28-42)40-20-9-3-10-21-40)25-24-35(22-23-36-18-13-19-37(30-36)33-44)17-8-2-7-16-34-14-5-1-6-15-34/h2-3,8-10,13,18-21,30,34-35,38-39,44H,1,4-7,11-12,14-17,22-29,31-33,43H2,(H,45,46). The Morgan fingerprint density at radius 3 is 2.30 bits per heavy atom. The highest BCUT2D eigenvalue weighted by Gasteiger charge is 2.38. The molecule has 0 spiro atoms. The van der Waals surface area contributed by atoms with Gasteiger partial charge < -0.3 is 15.9 Å². The third-order valence-electron chi connectivity index (χ3n) is 11.6. The van der Waals surface area contributed by atoms with Crippen LogP contribution in [0.4, 0.5) is 0 Å². The van der Waals surface area contributed by atoms with Gasteiger partial charge in [-0.1, -0.05) is 118 Å². The molecule has 2 aromatic rings. The molecule has 0 bridgehead atoms. The largest absolute Gasteiger partial charge is 0.481 e. The van der Waals surface area contributed by atoms with Crippen molar-refractivity contribution in [1.29, 1.82) is 0 Å². The van der Waals surface area contributed by atoms with Crippen LogP contribution in [0.5, 0.6) is 0 Å².